The molecule has 0 fully saturated rings. The first-order valence-electron chi connectivity index (χ1n) is 9.66. The molecule has 1 amide bonds. The van der Waals surface area contributed by atoms with Crippen molar-refractivity contribution < 1.29 is 14.3 Å². The minimum Gasteiger partial charge on any atom is -0.493 e. The van der Waals surface area contributed by atoms with Gasteiger partial charge in [-0.1, -0.05) is 23.2 Å². The first-order valence-corrected chi connectivity index (χ1v) is 11.2. The quantitative estimate of drug-likeness (QED) is 0.405. The number of rotatable bonds is 6. The molecule has 0 radical (unpaired) electrons. The molecule has 11 heteroatoms. The second kappa shape index (κ2) is 9.38. The highest BCUT2D eigenvalue weighted by Crippen LogP contribution is 2.35. The molecule has 8 nitrogen and oxygen atoms in total. The second-order valence-corrected chi connectivity index (χ2v) is 8.99. The highest BCUT2D eigenvalue weighted by Gasteiger charge is 2.19. The van der Waals surface area contributed by atoms with Gasteiger partial charge >= 0.3 is 0 Å². The van der Waals surface area contributed by atoms with Gasteiger partial charge in [0, 0.05) is 11.3 Å². The molecule has 2 aromatic carbocycles. The van der Waals surface area contributed by atoms with Gasteiger partial charge < -0.3 is 14.8 Å². The number of halogens is 2. The number of aryl methyl sites for hydroxylation is 1. The van der Waals surface area contributed by atoms with E-state index in [0.29, 0.717) is 48.2 Å². The Morgan fingerprint density at radius 3 is 2.55 bits per heavy atom. The van der Waals surface area contributed by atoms with Crippen LogP contribution >= 0.6 is 34.5 Å². The van der Waals surface area contributed by atoms with Crippen LogP contribution in [0.5, 0.6) is 11.5 Å². The van der Waals surface area contributed by atoms with E-state index in [0.717, 1.165) is 4.68 Å². The number of carbonyl (C=O) groups is 1. The van der Waals surface area contributed by atoms with Gasteiger partial charge in [0.05, 0.1) is 34.0 Å². The van der Waals surface area contributed by atoms with Crippen molar-refractivity contribution in [1.82, 2.24) is 14.8 Å². The summed E-state index contributed by atoms with van der Waals surface area (Å²) in [6.07, 6.45) is 0. The Hall–Kier alpha value is -3.14. The van der Waals surface area contributed by atoms with Crippen molar-refractivity contribution in [3.05, 3.63) is 61.8 Å². The molecule has 4 rings (SSSR count). The minimum absolute atomic E-state index is 0.250. The Kier molecular flexibility index (Phi) is 6.55. The number of ether oxygens (including phenoxy) is 2. The Bertz CT molecular complexity index is 1430. The molecule has 0 aliphatic rings. The number of thiazole rings is 1. The van der Waals surface area contributed by atoms with Gasteiger partial charge in [0.25, 0.3) is 5.56 Å². The summed E-state index contributed by atoms with van der Waals surface area (Å²) in [5.74, 6) is 0.626. The Labute approximate surface area is 202 Å². The lowest BCUT2D eigenvalue weighted by molar-refractivity contribution is -0.117. The van der Waals surface area contributed by atoms with Crippen molar-refractivity contribution in [2.24, 2.45) is 0 Å². The summed E-state index contributed by atoms with van der Waals surface area (Å²) in [7, 11) is 3.09. The molecular weight excluding hydrogens is 487 g/mol. The maximum atomic E-state index is 13.0. The number of anilines is 1. The summed E-state index contributed by atoms with van der Waals surface area (Å²) in [5, 5.41) is 8.58. The average molecular weight is 505 g/mol. The molecule has 0 saturated carbocycles. The number of carbonyl (C=O) groups excluding carboxylic acids is 1. The van der Waals surface area contributed by atoms with E-state index >= 15 is 0 Å². The zero-order valence-corrected chi connectivity index (χ0v) is 20.1. The van der Waals surface area contributed by atoms with Crippen LogP contribution in [0.1, 0.15) is 5.01 Å². The van der Waals surface area contributed by atoms with Crippen LogP contribution in [0.2, 0.25) is 10.0 Å². The molecule has 0 atom stereocenters. The van der Waals surface area contributed by atoms with Gasteiger partial charge in [0.1, 0.15) is 12.2 Å². The number of nitrogens with zero attached hydrogens (tertiary/aromatic N) is 3. The van der Waals surface area contributed by atoms with Gasteiger partial charge in [-0.25, -0.2) is 9.67 Å². The van der Waals surface area contributed by atoms with E-state index in [4.69, 9.17) is 32.7 Å². The minimum atomic E-state index is -0.456. The van der Waals surface area contributed by atoms with Gasteiger partial charge in [0.2, 0.25) is 5.91 Å². The Morgan fingerprint density at radius 1 is 1.09 bits per heavy atom. The molecule has 0 bridgehead atoms. The molecule has 2 heterocycles. The molecule has 4 aromatic rings. The lowest BCUT2D eigenvalue weighted by Crippen LogP contribution is -2.30. The van der Waals surface area contributed by atoms with Crippen molar-refractivity contribution in [3.63, 3.8) is 0 Å². The van der Waals surface area contributed by atoms with E-state index in [1.54, 1.807) is 31.4 Å². The smallest absolute Gasteiger partial charge is 0.294 e. The third kappa shape index (κ3) is 4.66. The molecule has 33 heavy (non-hydrogen) atoms. The second-order valence-electron chi connectivity index (χ2n) is 6.97. The largest absolute Gasteiger partial charge is 0.493 e. The number of hydrogen-bond donors (Lipinski definition) is 1. The van der Waals surface area contributed by atoms with E-state index in [9.17, 15) is 9.59 Å². The van der Waals surface area contributed by atoms with Crippen LogP contribution in [0.4, 0.5) is 5.69 Å². The van der Waals surface area contributed by atoms with Crippen LogP contribution in [-0.2, 0) is 11.3 Å². The van der Waals surface area contributed by atoms with Crippen molar-refractivity contribution in [3.8, 4) is 22.8 Å². The van der Waals surface area contributed by atoms with Crippen molar-refractivity contribution in [1.29, 1.82) is 0 Å². The number of methoxy groups -OCH3 is 2. The van der Waals surface area contributed by atoms with Crippen LogP contribution in [0.15, 0.2) is 41.2 Å². The van der Waals surface area contributed by atoms with Crippen molar-refractivity contribution in [2.45, 2.75) is 13.5 Å². The third-order valence-corrected chi connectivity index (χ3v) is 6.48. The van der Waals surface area contributed by atoms with E-state index in [1.807, 2.05) is 13.0 Å². The number of hydrogen-bond acceptors (Lipinski definition) is 7. The fourth-order valence-electron chi connectivity index (χ4n) is 3.26. The van der Waals surface area contributed by atoms with Gasteiger partial charge in [0.15, 0.2) is 17.0 Å². The van der Waals surface area contributed by atoms with Crippen LogP contribution in [0.3, 0.4) is 0 Å². The number of amides is 1. The van der Waals surface area contributed by atoms with E-state index in [2.05, 4.69) is 15.4 Å². The maximum absolute atomic E-state index is 13.0. The average Bonchev–Trinajstić information content (AvgIpc) is 3.19. The molecule has 170 valence electrons. The molecule has 0 aliphatic carbocycles. The van der Waals surface area contributed by atoms with Gasteiger partial charge in [-0.3, -0.25) is 9.59 Å². The molecule has 0 spiro atoms. The van der Waals surface area contributed by atoms with Gasteiger partial charge in [-0.15, -0.1) is 11.3 Å². The monoisotopic (exact) mass is 504 g/mol. The molecule has 0 unspecified atom stereocenters. The summed E-state index contributed by atoms with van der Waals surface area (Å²) < 4.78 is 12.4. The summed E-state index contributed by atoms with van der Waals surface area (Å²) in [6, 6.07) is 10.0. The van der Waals surface area contributed by atoms with E-state index in [1.165, 1.54) is 24.5 Å². The Balaban J connectivity index is 1.75. The normalized spacial score (nSPS) is 10.9. The maximum Gasteiger partial charge on any atom is 0.294 e. The summed E-state index contributed by atoms with van der Waals surface area (Å²) >= 11 is 13.3. The van der Waals surface area contributed by atoms with Crippen molar-refractivity contribution in [2.75, 3.05) is 19.5 Å². The van der Waals surface area contributed by atoms with E-state index in [-0.39, 0.29) is 12.1 Å². The highest BCUT2D eigenvalue weighted by atomic mass is 35.5. The lowest BCUT2D eigenvalue weighted by Gasteiger charge is -2.12. The van der Waals surface area contributed by atoms with Gasteiger partial charge in [-0.05, 0) is 43.3 Å². The summed E-state index contributed by atoms with van der Waals surface area (Å²) in [4.78, 5) is 30.1. The SMILES string of the molecule is COc1ccc(-c2nn(CC(=O)Nc3ccc(Cl)c(Cl)c3)c(=O)c3nc(C)sc23)cc1OC. The topological polar surface area (TPSA) is 95.3 Å². The summed E-state index contributed by atoms with van der Waals surface area (Å²) in [5.41, 5.74) is 1.45. The molecule has 1 N–H and O–H groups in total. The third-order valence-electron chi connectivity index (χ3n) is 4.76. The Morgan fingerprint density at radius 2 is 1.85 bits per heavy atom. The first kappa shape index (κ1) is 23.0. The standard InChI is InChI=1S/C22H18Cl2N4O4S/c1-11-25-20-21(33-11)19(12-4-7-16(31-2)17(8-12)32-3)27-28(22(20)30)10-18(29)26-13-5-6-14(23)15(24)9-13/h4-9H,10H2,1-3H3,(H,26,29). The predicted octanol–water partition coefficient (Wildman–Crippen LogP) is 4.79. The molecule has 0 saturated heterocycles. The molecule has 0 aliphatic heterocycles. The number of benzene rings is 2. The fourth-order valence-corrected chi connectivity index (χ4v) is 4.47. The van der Waals surface area contributed by atoms with E-state index < -0.39 is 11.5 Å². The number of nitrogens with one attached hydrogen (secondary N) is 1. The number of aromatic nitrogens is 3. The molecular formula is C22H18Cl2N4O4S. The van der Waals surface area contributed by atoms with Crippen LogP contribution in [0.25, 0.3) is 21.5 Å². The van der Waals surface area contributed by atoms with Crippen LogP contribution < -0.4 is 20.3 Å². The number of fused-ring (bicyclic) bond motifs is 1. The predicted molar refractivity (Wildman–Crippen MR) is 130 cm³/mol. The zero-order chi connectivity index (χ0) is 23.7. The zero-order valence-electron chi connectivity index (χ0n) is 17.8. The summed E-state index contributed by atoms with van der Waals surface area (Å²) in [6.45, 7) is 1.50. The first-order chi connectivity index (χ1) is 15.8. The lowest BCUT2D eigenvalue weighted by atomic mass is 10.1. The molecule has 2 aromatic heterocycles. The van der Waals surface area contributed by atoms with Crippen LogP contribution in [-0.4, -0.2) is 34.9 Å². The fraction of sp³-hybridized carbons (Fsp3) is 0.182. The van der Waals surface area contributed by atoms with Crippen LogP contribution in [0, 0.1) is 6.92 Å². The highest BCUT2D eigenvalue weighted by molar-refractivity contribution is 7.19. The van der Waals surface area contributed by atoms with Crippen molar-refractivity contribution >= 4 is 56.3 Å². The van der Waals surface area contributed by atoms with Gasteiger partial charge in [-0.2, -0.15) is 5.10 Å².